The third kappa shape index (κ3) is 2.62. The molecule has 0 amide bonds. The van der Waals surface area contributed by atoms with Crippen LogP contribution in [0.4, 0.5) is 5.69 Å². The highest BCUT2D eigenvalue weighted by Gasteiger charge is 1.82. The molecule has 3 heteroatoms. The lowest BCUT2D eigenvalue weighted by Gasteiger charge is -1.96. The van der Waals surface area contributed by atoms with E-state index in [1.54, 1.807) is 18.6 Å². The van der Waals surface area contributed by atoms with Crippen molar-refractivity contribution in [2.75, 3.05) is 5.32 Å². The van der Waals surface area contributed by atoms with E-state index in [0.717, 1.165) is 5.69 Å². The summed E-state index contributed by atoms with van der Waals surface area (Å²) in [5, 5.41) is 2.89. The number of nitrogens with one attached hydrogen (secondary N) is 1. The average Bonchev–Trinajstić information content (AvgIpc) is 2.07. The molecular formula is C8H8N2O. The highest BCUT2D eigenvalue weighted by molar-refractivity contribution is 5.65. The number of nitrogens with zero attached hydrogens (tertiary/aromatic N) is 1. The van der Waals surface area contributed by atoms with Crippen LogP contribution in [0.2, 0.25) is 0 Å². The van der Waals surface area contributed by atoms with Crippen LogP contribution >= 0.6 is 0 Å². The fourth-order valence-corrected chi connectivity index (χ4v) is 0.632. The van der Waals surface area contributed by atoms with E-state index in [1.165, 1.54) is 6.08 Å². The van der Waals surface area contributed by atoms with Crippen molar-refractivity contribution in [3.05, 3.63) is 36.8 Å². The summed E-state index contributed by atoms with van der Waals surface area (Å²) in [5.41, 5.74) is 0.915. The number of aromatic nitrogens is 1. The highest BCUT2D eigenvalue weighted by Crippen LogP contribution is 2.01. The number of hydrogen-bond acceptors (Lipinski definition) is 3. The first kappa shape index (κ1) is 7.47. The number of hydrogen-bond donors (Lipinski definition) is 1. The van der Waals surface area contributed by atoms with Gasteiger partial charge in [-0.2, -0.15) is 0 Å². The topological polar surface area (TPSA) is 42.0 Å². The second-order valence-corrected chi connectivity index (χ2v) is 1.88. The van der Waals surface area contributed by atoms with Crippen LogP contribution in [0.3, 0.4) is 0 Å². The Bertz CT molecular complexity index is 244. The van der Waals surface area contributed by atoms with Crippen molar-refractivity contribution in [3.63, 3.8) is 0 Å². The molecule has 1 rings (SSSR count). The van der Waals surface area contributed by atoms with E-state index in [4.69, 9.17) is 0 Å². The minimum absolute atomic E-state index is 0.716. The highest BCUT2D eigenvalue weighted by atomic mass is 16.1. The quantitative estimate of drug-likeness (QED) is 0.517. The van der Waals surface area contributed by atoms with Crippen molar-refractivity contribution in [2.45, 2.75) is 0 Å². The summed E-state index contributed by atoms with van der Waals surface area (Å²) in [5.74, 6) is 0. The monoisotopic (exact) mass is 148 g/mol. The Kier molecular flexibility index (Phi) is 2.86. The Labute approximate surface area is 64.8 Å². The van der Waals surface area contributed by atoms with Crippen molar-refractivity contribution < 1.29 is 4.79 Å². The van der Waals surface area contributed by atoms with Crippen molar-refractivity contribution in [1.29, 1.82) is 0 Å². The summed E-state index contributed by atoms with van der Waals surface area (Å²) >= 11 is 0. The van der Waals surface area contributed by atoms with Crippen molar-refractivity contribution in [2.24, 2.45) is 0 Å². The molecule has 56 valence electrons. The SMILES string of the molecule is O=C/C=C/Nc1ccncc1. The molecule has 3 nitrogen and oxygen atoms in total. The number of allylic oxidation sites excluding steroid dienone is 1. The maximum absolute atomic E-state index is 9.86. The summed E-state index contributed by atoms with van der Waals surface area (Å²) in [4.78, 5) is 13.7. The zero-order valence-electron chi connectivity index (χ0n) is 5.90. The van der Waals surface area contributed by atoms with Crippen LogP contribution in [0, 0.1) is 0 Å². The van der Waals surface area contributed by atoms with Gasteiger partial charge in [0.1, 0.15) is 6.29 Å². The van der Waals surface area contributed by atoms with Gasteiger partial charge in [0.05, 0.1) is 0 Å². The first-order valence-electron chi connectivity index (χ1n) is 3.20. The van der Waals surface area contributed by atoms with Gasteiger partial charge in [-0.1, -0.05) is 0 Å². The third-order valence-electron chi connectivity index (χ3n) is 1.11. The Balaban J connectivity index is 2.51. The van der Waals surface area contributed by atoms with Gasteiger partial charge < -0.3 is 5.32 Å². The molecule has 0 aliphatic carbocycles. The lowest BCUT2D eigenvalue weighted by molar-refractivity contribution is -0.104. The maximum Gasteiger partial charge on any atom is 0.144 e. The van der Waals surface area contributed by atoms with E-state index in [9.17, 15) is 4.79 Å². The molecule has 0 radical (unpaired) electrons. The summed E-state index contributed by atoms with van der Waals surface area (Å²) < 4.78 is 0. The predicted molar refractivity (Wildman–Crippen MR) is 43.1 cm³/mol. The minimum atomic E-state index is 0.716. The van der Waals surface area contributed by atoms with Crippen molar-refractivity contribution in [1.82, 2.24) is 4.98 Å². The molecule has 1 heterocycles. The normalized spacial score (nSPS) is 9.82. The smallest absolute Gasteiger partial charge is 0.144 e. The molecule has 0 aliphatic rings. The van der Waals surface area contributed by atoms with Gasteiger partial charge in [-0.3, -0.25) is 9.78 Å². The van der Waals surface area contributed by atoms with Gasteiger partial charge in [0.2, 0.25) is 0 Å². The summed E-state index contributed by atoms with van der Waals surface area (Å²) in [7, 11) is 0. The van der Waals surface area contributed by atoms with E-state index in [1.807, 2.05) is 12.1 Å². The van der Waals surface area contributed by atoms with Gasteiger partial charge in [0, 0.05) is 24.3 Å². The van der Waals surface area contributed by atoms with Crippen LogP contribution in [0.15, 0.2) is 36.8 Å². The summed E-state index contributed by atoms with van der Waals surface area (Å²) in [6.07, 6.45) is 7.03. The van der Waals surface area contributed by atoms with Crippen LogP contribution in [0.1, 0.15) is 0 Å². The van der Waals surface area contributed by atoms with Gasteiger partial charge in [-0.25, -0.2) is 0 Å². The fraction of sp³-hybridized carbons (Fsp3) is 0. The second-order valence-electron chi connectivity index (χ2n) is 1.88. The van der Waals surface area contributed by atoms with Crippen molar-refractivity contribution >= 4 is 12.0 Å². The second kappa shape index (κ2) is 4.22. The summed E-state index contributed by atoms with van der Waals surface area (Å²) in [6.45, 7) is 0. The van der Waals surface area contributed by atoms with Crippen LogP contribution in [0.25, 0.3) is 0 Å². The van der Waals surface area contributed by atoms with E-state index in [0.29, 0.717) is 6.29 Å². The van der Waals surface area contributed by atoms with Crippen LogP contribution in [0.5, 0.6) is 0 Å². The molecule has 0 aromatic carbocycles. The molecule has 0 bridgehead atoms. The van der Waals surface area contributed by atoms with E-state index in [2.05, 4.69) is 10.3 Å². The first-order valence-corrected chi connectivity index (χ1v) is 3.20. The fourth-order valence-electron chi connectivity index (χ4n) is 0.632. The standard InChI is InChI=1S/C8H8N2O/c11-7-1-4-10-8-2-5-9-6-3-8/h1-7H,(H,9,10)/b4-1+. The van der Waals surface area contributed by atoms with E-state index >= 15 is 0 Å². The van der Waals surface area contributed by atoms with Gasteiger partial charge in [-0.15, -0.1) is 0 Å². The van der Waals surface area contributed by atoms with E-state index in [-0.39, 0.29) is 0 Å². The van der Waals surface area contributed by atoms with Crippen LogP contribution in [-0.4, -0.2) is 11.3 Å². The maximum atomic E-state index is 9.86. The molecule has 11 heavy (non-hydrogen) atoms. The average molecular weight is 148 g/mol. The third-order valence-corrected chi connectivity index (χ3v) is 1.11. The molecule has 0 spiro atoms. The Hall–Kier alpha value is -1.64. The number of aldehydes is 1. The Morgan fingerprint density at radius 1 is 1.36 bits per heavy atom. The van der Waals surface area contributed by atoms with Gasteiger partial charge in [0.25, 0.3) is 0 Å². The lowest BCUT2D eigenvalue weighted by atomic mass is 10.4. The molecule has 0 atom stereocenters. The molecule has 1 aromatic heterocycles. The Morgan fingerprint density at radius 2 is 2.09 bits per heavy atom. The molecule has 0 fully saturated rings. The predicted octanol–water partition coefficient (Wildman–Crippen LogP) is 1.21. The van der Waals surface area contributed by atoms with E-state index < -0.39 is 0 Å². The molecule has 1 aromatic rings. The van der Waals surface area contributed by atoms with Gasteiger partial charge in [0.15, 0.2) is 0 Å². The number of carbonyl (C=O) groups excluding carboxylic acids is 1. The molecule has 1 N–H and O–H groups in total. The number of anilines is 1. The number of rotatable bonds is 3. The zero-order chi connectivity index (χ0) is 7.94. The minimum Gasteiger partial charge on any atom is -0.361 e. The van der Waals surface area contributed by atoms with Crippen LogP contribution in [-0.2, 0) is 4.79 Å². The summed E-state index contributed by atoms with van der Waals surface area (Å²) in [6, 6.07) is 3.63. The van der Waals surface area contributed by atoms with Gasteiger partial charge >= 0.3 is 0 Å². The Morgan fingerprint density at radius 3 is 2.73 bits per heavy atom. The molecule has 0 saturated heterocycles. The molecule has 0 unspecified atom stereocenters. The van der Waals surface area contributed by atoms with Crippen molar-refractivity contribution in [3.8, 4) is 0 Å². The molecule has 0 saturated carbocycles. The lowest BCUT2D eigenvalue weighted by Crippen LogP contribution is -1.86. The number of pyridine rings is 1. The van der Waals surface area contributed by atoms with Gasteiger partial charge in [-0.05, 0) is 18.2 Å². The van der Waals surface area contributed by atoms with Crippen LogP contribution < -0.4 is 5.32 Å². The largest absolute Gasteiger partial charge is 0.361 e. The molecule has 0 aliphatic heterocycles. The number of carbonyl (C=O) groups is 1. The zero-order valence-corrected chi connectivity index (χ0v) is 5.90. The first-order chi connectivity index (χ1) is 5.43. The molecular weight excluding hydrogens is 140 g/mol.